The molecule has 138 valence electrons. The van der Waals surface area contributed by atoms with Crippen LogP contribution >= 0.6 is 0 Å². The smallest absolute Gasteiger partial charge is 0.305 e. The lowest BCUT2D eigenvalue weighted by Crippen LogP contribution is -2.29. The van der Waals surface area contributed by atoms with Crippen molar-refractivity contribution in [3.05, 3.63) is 23.8 Å². The number of sulfonamides is 1. The van der Waals surface area contributed by atoms with Crippen molar-refractivity contribution in [2.45, 2.75) is 50.8 Å². The largest absolute Gasteiger partial charge is 0.466 e. The van der Waals surface area contributed by atoms with Gasteiger partial charge in [0.1, 0.15) is 0 Å². The maximum Gasteiger partial charge on any atom is 0.305 e. The lowest BCUT2D eigenvalue weighted by atomic mass is 9.82. The number of hydrogen-bond donors (Lipinski definition) is 0. The number of ether oxygens (including phenoxy) is 1. The summed E-state index contributed by atoms with van der Waals surface area (Å²) in [6.45, 7) is 8.37. The van der Waals surface area contributed by atoms with E-state index >= 15 is 0 Å². The van der Waals surface area contributed by atoms with Gasteiger partial charge in [0.15, 0.2) is 0 Å². The van der Waals surface area contributed by atoms with Gasteiger partial charge in [-0.05, 0) is 44.0 Å². The first kappa shape index (κ1) is 19.6. The summed E-state index contributed by atoms with van der Waals surface area (Å²) in [4.78, 5) is 16.1. The van der Waals surface area contributed by atoms with E-state index in [9.17, 15) is 13.2 Å². The third-order valence-electron chi connectivity index (χ3n) is 4.70. The fourth-order valence-electron chi connectivity index (χ4n) is 2.77. The highest BCUT2D eigenvalue weighted by Gasteiger charge is 2.34. The van der Waals surface area contributed by atoms with Crippen molar-refractivity contribution in [1.29, 1.82) is 0 Å². The Labute approximate surface area is 149 Å². The number of esters is 1. The molecule has 6 nitrogen and oxygen atoms in total. The van der Waals surface area contributed by atoms with E-state index in [1.807, 2.05) is 20.8 Å². The number of carbonyl (C=O) groups excluding carboxylic acids is 1. The van der Waals surface area contributed by atoms with E-state index in [1.54, 1.807) is 25.1 Å². The molecule has 7 heteroatoms. The summed E-state index contributed by atoms with van der Waals surface area (Å²) in [5.41, 5.74) is 2.45. The van der Waals surface area contributed by atoms with Gasteiger partial charge in [-0.25, -0.2) is 12.7 Å². The Bertz CT molecular complexity index is 797. The lowest BCUT2D eigenvalue weighted by molar-refractivity contribution is -0.143. The van der Waals surface area contributed by atoms with Crippen LogP contribution in [0, 0.1) is 0 Å². The van der Waals surface area contributed by atoms with Crippen LogP contribution in [0.4, 0.5) is 5.69 Å². The normalized spacial score (nSPS) is 15.8. The molecule has 0 fully saturated rings. The molecule has 0 aliphatic carbocycles. The minimum absolute atomic E-state index is 0.206. The van der Waals surface area contributed by atoms with Crippen LogP contribution in [-0.4, -0.2) is 44.6 Å². The summed E-state index contributed by atoms with van der Waals surface area (Å²) in [6.07, 6.45) is 0.630. The molecule has 0 amide bonds. The van der Waals surface area contributed by atoms with Gasteiger partial charge in [0.2, 0.25) is 10.0 Å². The second kappa shape index (κ2) is 7.25. The molecule has 1 aliphatic rings. The standard InChI is InChI=1S/C18H26N2O4S/c1-6-24-17(21)8-7-11-20(5)25(22,23)14-9-10-16-15(12-14)18(3,4)13(2)19-16/h9-10,12H,6-8,11H2,1-5H3. The second-order valence-electron chi connectivity index (χ2n) is 6.74. The average Bonchev–Trinajstić information content (AvgIpc) is 2.76. The molecule has 0 bridgehead atoms. The zero-order valence-corrected chi connectivity index (χ0v) is 16.3. The maximum absolute atomic E-state index is 12.8. The molecule has 0 N–H and O–H groups in total. The van der Waals surface area contributed by atoms with E-state index in [4.69, 9.17) is 4.74 Å². The molecule has 1 aromatic carbocycles. The number of carbonyl (C=O) groups is 1. The summed E-state index contributed by atoms with van der Waals surface area (Å²) in [5.74, 6) is -0.305. The number of nitrogens with zero attached hydrogens (tertiary/aromatic N) is 2. The minimum Gasteiger partial charge on any atom is -0.466 e. The maximum atomic E-state index is 12.8. The Kier molecular flexibility index (Phi) is 5.68. The predicted molar refractivity (Wildman–Crippen MR) is 97.9 cm³/mol. The molecule has 0 radical (unpaired) electrons. The molecule has 0 unspecified atom stereocenters. The summed E-state index contributed by atoms with van der Waals surface area (Å²) in [7, 11) is -2.08. The van der Waals surface area contributed by atoms with Crippen LogP contribution in [0.25, 0.3) is 0 Å². The molecular formula is C18H26N2O4S. The molecule has 1 heterocycles. The van der Waals surface area contributed by atoms with Gasteiger partial charge in [-0.15, -0.1) is 0 Å². The van der Waals surface area contributed by atoms with E-state index < -0.39 is 10.0 Å². The summed E-state index contributed by atoms with van der Waals surface area (Å²) in [6, 6.07) is 5.06. The van der Waals surface area contributed by atoms with Gasteiger partial charge in [-0.1, -0.05) is 13.8 Å². The Morgan fingerprint density at radius 2 is 2.00 bits per heavy atom. The highest BCUT2D eigenvalue weighted by Crippen LogP contribution is 2.41. The van der Waals surface area contributed by atoms with Crippen molar-refractivity contribution in [2.24, 2.45) is 4.99 Å². The molecule has 0 spiro atoms. The summed E-state index contributed by atoms with van der Waals surface area (Å²) in [5, 5.41) is 0. The number of hydrogen-bond acceptors (Lipinski definition) is 5. The van der Waals surface area contributed by atoms with Crippen LogP contribution in [0.1, 0.15) is 46.1 Å². The van der Waals surface area contributed by atoms with Crippen molar-refractivity contribution in [3.63, 3.8) is 0 Å². The lowest BCUT2D eigenvalue weighted by Gasteiger charge is -2.22. The first-order valence-electron chi connectivity index (χ1n) is 8.43. The monoisotopic (exact) mass is 366 g/mol. The fraction of sp³-hybridized carbons (Fsp3) is 0.556. The van der Waals surface area contributed by atoms with Gasteiger partial charge >= 0.3 is 5.97 Å². The number of benzene rings is 1. The molecule has 1 aliphatic heterocycles. The molecule has 1 aromatic rings. The van der Waals surface area contributed by atoms with Crippen LogP contribution in [0.5, 0.6) is 0 Å². The highest BCUT2D eigenvalue weighted by atomic mass is 32.2. The van der Waals surface area contributed by atoms with E-state index in [0.717, 1.165) is 17.0 Å². The Morgan fingerprint density at radius 3 is 2.64 bits per heavy atom. The first-order chi connectivity index (χ1) is 11.6. The van der Waals surface area contributed by atoms with Gasteiger partial charge in [0.25, 0.3) is 0 Å². The van der Waals surface area contributed by atoms with Gasteiger partial charge < -0.3 is 4.74 Å². The SMILES string of the molecule is CCOC(=O)CCCN(C)S(=O)(=O)c1ccc2c(c1)C(C)(C)C(C)=N2. The van der Waals surface area contributed by atoms with Gasteiger partial charge in [0, 0.05) is 31.1 Å². The highest BCUT2D eigenvalue weighted by molar-refractivity contribution is 7.89. The third kappa shape index (κ3) is 3.93. The van der Waals surface area contributed by atoms with Crippen molar-refractivity contribution < 1.29 is 17.9 Å². The molecule has 25 heavy (non-hydrogen) atoms. The Balaban J connectivity index is 2.13. The van der Waals surface area contributed by atoms with Crippen molar-refractivity contribution in [3.8, 4) is 0 Å². The molecule has 0 atom stereocenters. The van der Waals surface area contributed by atoms with Gasteiger partial charge in [-0.2, -0.15) is 0 Å². The van der Waals surface area contributed by atoms with E-state index in [0.29, 0.717) is 13.0 Å². The third-order valence-corrected chi connectivity index (χ3v) is 6.55. The number of aliphatic imine (C=N–C) groups is 1. The summed E-state index contributed by atoms with van der Waals surface area (Å²) >= 11 is 0. The van der Waals surface area contributed by atoms with Crippen LogP contribution in [0.2, 0.25) is 0 Å². The van der Waals surface area contributed by atoms with Gasteiger partial charge in [0.05, 0.1) is 17.2 Å². The molecule has 2 rings (SSSR count). The summed E-state index contributed by atoms with van der Waals surface area (Å²) < 4.78 is 31.7. The minimum atomic E-state index is -3.61. The van der Waals surface area contributed by atoms with E-state index in [-0.39, 0.29) is 29.2 Å². The zero-order chi connectivity index (χ0) is 18.8. The van der Waals surface area contributed by atoms with Crippen LogP contribution in [-0.2, 0) is 25.0 Å². The van der Waals surface area contributed by atoms with Crippen LogP contribution in [0.3, 0.4) is 0 Å². The van der Waals surface area contributed by atoms with Crippen molar-refractivity contribution >= 4 is 27.4 Å². The molecular weight excluding hydrogens is 340 g/mol. The average molecular weight is 366 g/mol. The second-order valence-corrected chi connectivity index (χ2v) is 8.78. The van der Waals surface area contributed by atoms with E-state index in [1.165, 1.54) is 11.4 Å². The van der Waals surface area contributed by atoms with Crippen LogP contribution in [0.15, 0.2) is 28.1 Å². The van der Waals surface area contributed by atoms with Crippen LogP contribution < -0.4 is 0 Å². The zero-order valence-electron chi connectivity index (χ0n) is 15.5. The Morgan fingerprint density at radius 1 is 1.32 bits per heavy atom. The van der Waals surface area contributed by atoms with Crippen molar-refractivity contribution in [2.75, 3.05) is 20.2 Å². The molecule has 0 saturated heterocycles. The quantitative estimate of drug-likeness (QED) is 0.695. The molecule has 0 aromatic heterocycles. The van der Waals surface area contributed by atoms with E-state index in [2.05, 4.69) is 4.99 Å². The Hall–Kier alpha value is -1.73. The first-order valence-corrected chi connectivity index (χ1v) is 9.87. The van der Waals surface area contributed by atoms with Crippen molar-refractivity contribution in [1.82, 2.24) is 4.31 Å². The van der Waals surface area contributed by atoms with Gasteiger partial charge in [-0.3, -0.25) is 9.79 Å². The molecule has 0 saturated carbocycles. The number of fused-ring (bicyclic) bond motifs is 1. The fourth-order valence-corrected chi connectivity index (χ4v) is 4.00. The predicted octanol–water partition coefficient (Wildman–Crippen LogP) is 3.03. The topological polar surface area (TPSA) is 76.0 Å². The number of rotatable bonds is 7.